The van der Waals surface area contributed by atoms with Gasteiger partial charge in [-0.1, -0.05) is 11.8 Å². The van der Waals surface area contributed by atoms with Gasteiger partial charge in [-0.15, -0.1) is 11.3 Å². The van der Waals surface area contributed by atoms with Gasteiger partial charge in [0.25, 0.3) is 5.91 Å². The Kier molecular flexibility index (Phi) is 5.10. The lowest BCUT2D eigenvalue weighted by Gasteiger charge is -2.24. The van der Waals surface area contributed by atoms with E-state index in [0.717, 1.165) is 4.88 Å². The zero-order valence-electron chi connectivity index (χ0n) is 10.9. The third-order valence-corrected chi connectivity index (χ3v) is 3.09. The van der Waals surface area contributed by atoms with Gasteiger partial charge in [0.2, 0.25) is 5.91 Å². The largest absolute Gasteiger partial charge is 0.370 e. The molecule has 1 aromatic rings. The number of carbonyl (C=O) groups is 2. The maximum Gasteiger partial charge on any atom is 0.252 e. The summed E-state index contributed by atoms with van der Waals surface area (Å²) in [6.07, 6.45) is 0.0860. The molecule has 0 aliphatic rings. The van der Waals surface area contributed by atoms with Crippen molar-refractivity contribution < 1.29 is 9.59 Å². The Labute approximate surface area is 116 Å². The molecule has 5 nitrogen and oxygen atoms in total. The van der Waals surface area contributed by atoms with Gasteiger partial charge in [0.15, 0.2) is 0 Å². The van der Waals surface area contributed by atoms with Crippen LogP contribution in [-0.2, 0) is 4.79 Å². The number of carbonyl (C=O) groups excluding carboxylic acids is 2. The Bertz CT molecular complexity index is 538. The first-order valence-electron chi connectivity index (χ1n) is 5.72. The quantitative estimate of drug-likeness (QED) is 0.697. The smallest absolute Gasteiger partial charge is 0.252 e. The fourth-order valence-electron chi connectivity index (χ4n) is 1.52. The van der Waals surface area contributed by atoms with Crippen molar-refractivity contribution in [1.82, 2.24) is 5.32 Å². The topological polar surface area (TPSA) is 98.2 Å². The van der Waals surface area contributed by atoms with E-state index in [9.17, 15) is 9.59 Å². The van der Waals surface area contributed by atoms with Gasteiger partial charge < -0.3 is 16.8 Å². The van der Waals surface area contributed by atoms with Crippen LogP contribution in [0, 0.1) is 11.8 Å². The maximum atomic E-state index is 12.0. The fourth-order valence-corrected chi connectivity index (χ4v) is 2.27. The van der Waals surface area contributed by atoms with Crippen LogP contribution < -0.4 is 16.8 Å². The zero-order chi connectivity index (χ0) is 14.5. The van der Waals surface area contributed by atoms with Crippen LogP contribution in [0.4, 0.5) is 0 Å². The first-order valence-corrected chi connectivity index (χ1v) is 6.60. The van der Waals surface area contributed by atoms with E-state index in [0.29, 0.717) is 5.56 Å². The van der Waals surface area contributed by atoms with Gasteiger partial charge in [0.05, 0.1) is 17.0 Å². The third-order valence-electron chi connectivity index (χ3n) is 2.24. The number of nitrogens with one attached hydrogen (secondary N) is 1. The normalized spacial score (nSPS) is 10.5. The number of hydrogen-bond acceptors (Lipinski definition) is 4. The number of thiophene rings is 1. The van der Waals surface area contributed by atoms with Crippen molar-refractivity contribution in [3.63, 3.8) is 0 Å². The second-order valence-electron chi connectivity index (χ2n) is 4.69. The van der Waals surface area contributed by atoms with Crippen LogP contribution in [0.3, 0.4) is 0 Å². The summed E-state index contributed by atoms with van der Waals surface area (Å²) in [6, 6.07) is 1.70. The SMILES string of the molecule is CC(C)(CC(N)=O)NC(=O)c1csc(C#CCN)c1. The van der Waals surface area contributed by atoms with E-state index in [-0.39, 0.29) is 18.9 Å². The molecule has 102 valence electrons. The lowest BCUT2D eigenvalue weighted by molar-refractivity contribution is -0.119. The van der Waals surface area contributed by atoms with Crippen LogP contribution in [0.5, 0.6) is 0 Å². The molecule has 1 rings (SSSR count). The van der Waals surface area contributed by atoms with Crippen molar-refractivity contribution in [2.75, 3.05) is 6.54 Å². The molecular formula is C13H17N3O2S. The number of rotatable bonds is 4. The molecule has 1 aromatic heterocycles. The summed E-state index contributed by atoms with van der Waals surface area (Å²) < 4.78 is 0. The summed E-state index contributed by atoms with van der Waals surface area (Å²) in [5.74, 6) is 4.89. The monoisotopic (exact) mass is 279 g/mol. The molecule has 0 saturated carbocycles. The summed E-state index contributed by atoms with van der Waals surface area (Å²) in [4.78, 5) is 23.7. The summed E-state index contributed by atoms with van der Waals surface area (Å²) in [7, 11) is 0. The molecule has 2 amide bonds. The molecule has 1 heterocycles. The standard InChI is InChI=1S/C13H17N3O2S/c1-13(2,7-11(15)17)16-12(18)9-6-10(19-8-9)4-3-5-14/h6,8H,5,7,14H2,1-2H3,(H2,15,17)(H,16,18). The molecule has 0 radical (unpaired) electrons. The number of nitrogens with two attached hydrogens (primary N) is 2. The number of amides is 2. The molecule has 0 aliphatic heterocycles. The Morgan fingerprint density at radius 2 is 2.16 bits per heavy atom. The maximum absolute atomic E-state index is 12.0. The molecule has 0 aliphatic carbocycles. The van der Waals surface area contributed by atoms with Gasteiger partial charge in [-0.05, 0) is 19.9 Å². The van der Waals surface area contributed by atoms with Gasteiger partial charge >= 0.3 is 0 Å². The van der Waals surface area contributed by atoms with Crippen molar-refractivity contribution in [3.05, 3.63) is 21.9 Å². The first kappa shape index (κ1) is 15.2. The number of primary amides is 1. The van der Waals surface area contributed by atoms with Crippen LogP contribution >= 0.6 is 11.3 Å². The summed E-state index contributed by atoms with van der Waals surface area (Å²) in [5.41, 5.74) is 10.3. The highest BCUT2D eigenvalue weighted by Gasteiger charge is 2.23. The molecule has 6 heteroatoms. The molecule has 5 N–H and O–H groups in total. The van der Waals surface area contributed by atoms with Crippen LogP contribution in [0.2, 0.25) is 0 Å². The van der Waals surface area contributed by atoms with Crippen LogP contribution in [0.1, 0.15) is 35.5 Å². The van der Waals surface area contributed by atoms with Crippen molar-refractivity contribution in [3.8, 4) is 11.8 Å². The van der Waals surface area contributed by atoms with E-state index in [1.807, 2.05) is 0 Å². The van der Waals surface area contributed by atoms with E-state index in [1.54, 1.807) is 25.3 Å². The zero-order valence-corrected chi connectivity index (χ0v) is 11.8. The Hall–Kier alpha value is -1.84. The minimum atomic E-state index is -0.673. The van der Waals surface area contributed by atoms with Crippen LogP contribution in [0.15, 0.2) is 11.4 Å². The lowest BCUT2D eigenvalue weighted by atomic mass is 10.00. The van der Waals surface area contributed by atoms with E-state index >= 15 is 0 Å². The Balaban J connectivity index is 2.73. The second kappa shape index (κ2) is 6.36. The molecule has 0 atom stereocenters. The van der Waals surface area contributed by atoms with Crippen molar-refractivity contribution in [2.24, 2.45) is 11.5 Å². The molecule has 0 fully saturated rings. The minimum Gasteiger partial charge on any atom is -0.370 e. The molecule has 0 aromatic carbocycles. The average molecular weight is 279 g/mol. The van der Waals surface area contributed by atoms with E-state index < -0.39 is 11.4 Å². The molecule has 0 bridgehead atoms. The van der Waals surface area contributed by atoms with Crippen molar-refractivity contribution in [1.29, 1.82) is 0 Å². The van der Waals surface area contributed by atoms with Gasteiger partial charge in [-0.2, -0.15) is 0 Å². The molecular weight excluding hydrogens is 262 g/mol. The van der Waals surface area contributed by atoms with Gasteiger partial charge in [0.1, 0.15) is 0 Å². The summed E-state index contributed by atoms with van der Waals surface area (Å²) in [6.45, 7) is 3.78. The predicted molar refractivity (Wildman–Crippen MR) is 75.6 cm³/mol. The van der Waals surface area contributed by atoms with Gasteiger partial charge in [-0.25, -0.2) is 0 Å². The van der Waals surface area contributed by atoms with Crippen LogP contribution in [0.25, 0.3) is 0 Å². The fraction of sp³-hybridized carbons (Fsp3) is 0.385. The predicted octanol–water partition coefficient (Wildman–Crippen LogP) is 0.442. The lowest BCUT2D eigenvalue weighted by Crippen LogP contribution is -2.45. The summed E-state index contributed by atoms with van der Waals surface area (Å²) in [5, 5.41) is 4.49. The molecule has 19 heavy (non-hydrogen) atoms. The van der Waals surface area contributed by atoms with E-state index in [1.165, 1.54) is 11.3 Å². The average Bonchev–Trinajstić information content (AvgIpc) is 2.72. The first-order chi connectivity index (χ1) is 8.84. The highest BCUT2D eigenvalue weighted by atomic mass is 32.1. The molecule has 0 saturated heterocycles. The van der Waals surface area contributed by atoms with Crippen molar-refractivity contribution in [2.45, 2.75) is 25.8 Å². The highest BCUT2D eigenvalue weighted by molar-refractivity contribution is 7.10. The minimum absolute atomic E-state index is 0.0860. The number of hydrogen-bond donors (Lipinski definition) is 3. The summed E-state index contributed by atoms with van der Waals surface area (Å²) >= 11 is 1.38. The van der Waals surface area contributed by atoms with Gasteiger partial charge in [-0.3, -0.25) is 9.59 Å². The van der Waals surface area contributed by atoms with E-state index in [2.05, 4.69) is 17.2 Å². The van der Waals surface area contributed by atoms with Crippen molar-refractivity contribution >= 4 is 23.2 Å². The van der Waals surface area contributed by atoms with Gasteiger partial charge in [0, 0.05) is 17.3 Å². The van der Waals surface area contributed by atoms with E-state index in [4.69, 9.17) is 11.5 Å². The Morgan fingerprint density at radius 3 is 2.74 bits per heavy atom. The highest BCUT2D eigenvalue weighted by Crippen LogP contribution is 2.15. The molecule has 0 unspecified atom stereocenters. The Morgan fingerprint density at radius 1 is 1.47 bits per heavy atom. The third kappa shape index (κ3) is 5.12. The van der Waals surface area contributed by atoms with Crippen LogP contribution in [-0.4, -0.2) is 23.9 Å². The molecule has 0 spiro atoms. The second-order valence-corrected chi connectivity index (χ2v) is 5.60.